The van der Waals surface area contributed by atoms with Crippen LogP contribution in [0.1, 0.15) is 18.4 Å². The van der Waals surface area contributed by atoms with Gasteiger partial charge in [-0.15, -0.1) is 0 Å². The van der Waals surface area contributed by atoms with E-state index in [1.807, 2.05) is 0 Å². The van der Waals surface area contributed by atoms with Crippen molar-refractivity contribution in [2.45, 2.75) is 19.3 Å². The minimum Gasteiger partial charge on any atom is -0.396 e. The van der Waals surface area contributed by atoms with Crippen LogP contribution in [0.25, 0.3) is 0 Å². The van der Waals surface area contributed by atoms with Crippen LogP contribution in [0.5, 0.6) is 0 Å². The van der Waals surface area contributed by atoms with Crippen LogP contribution in [0.3, 0.4) is 0 Å². The molecule has 3 rings (SSSR count). The SMILES string of the molecule is OCC1C2CC(Cc3ccccc3)CC12. The lowest BCUT2D eigenvalue weighted by Gasteiger charge is -2.13. The zero-order chi connectivity index (χ0) is 10.3. The van der Waals surface area contributed by atoms with Crippen molar-refractivity contribution in [1.29, 1.82) is 0 Å². The van der Waals surface area contributed by atoms with Crippen molar-refractivity contribution in [3.8, 4) is 0 Å². The van der Waals surface area contributed by atoms with E-state index in [0.717, 1.165) is 17.8 Å². The topological polar surface area (TPSA) is 20.2 Å². The lowest BCUT2D eigenvalue weighted by atomic mass is 9.93. The molecular weight excluding hydrogens is 184 g/mol. The molecule has 1 nitrogen and oxygen atoms in total. The Morgan fingerprint density at radius 1 is 1.07 bits per heavy atom. The van der Waals surface area contributed by atoms with E-state index >= 15 is 0 Å². The van der Waals surface area contributed by atoms with Gasteiger partial charge in [0.05, 0.1) is 0 Å². The molecule has 1 N–H and O–H groups in total. The smallest absolute Gasteiger partial charge is 0.0464 e. The Labute approximate surface area is 91.1 Å². The van der Waals surface area contributed by atoms with E-state index in [0.29, 0.717) is 12.5 Å². The van der Waals surface area contributed by atoms with E-state index in [1.54, 1.807) is 0 Å². The standard InChI is InChI=1S/C14H18O/c15-9-14-12-7-11(8-13(12)14)6-10-4-2-1-3-5-10/h1-5,11-15H,6-9H2. The summed E-state index contributed by atoms with van der Waals surface area (Å²) in [5.74, 6) is 3.27. The quantitative estimate of drug-likeness (QED) is 0.798. The Hall–Kier alpha value is -0.820. The van der Waals surface area contributed by atoms with Crippen LogP contribution in [-0.2, 0) is 6.42 Å². The summed E-state index contributed by atoms with van der Waals surface area (Å²) in [4.78, 5) is 0. The van der Waals surface area contributed by atoms with Gasteiger partial charge in [-0.1, -0.05) is 30.3 Å². The second-order valence-electron chi connectivity index (χ2n) is 5.20. The Balaban J connectivity index is 1.56. The summed E-state index contributed by atoms with van der Waals surface area (Å²) in [5.41, 5.74) is 1.48. The first-order chi connectivity index (χ1) is 7.38. The van der Waals surface area contributed by atoms with Crippen molar-refractivity contribution in [3.63, 3.8) is 0 Å². The van der Waals surface area contributed by atoms with Gasteiger partial charge >= 0.3 is 0 Å². The first-order valence-electron chi connectivity index (χ1n) is 6.03. The highest BCUT2D eigenvalue weighted by Gasteiger charge is 2.54. The van der Waals surface area contributed by atoms with Crippen LogP contribution in [-0.4, -0.2) is 11.7 Å². The fourth-order valence-corrected chi connectivity index (χ4v) is 3.47. The molecule has 0 aliphatic heterocycles. The summed E-state index contributed by atoms with van der Waals surface area (Å²) in [6.07, 6.45) is 3.95. The molecule has 1 aromatic carbocycles. The van der Waals surface area contributed by atoms with E-state index in [1.165, 1.54) is 24.8 Å². The van der Waals surface area contributed by atoms with Crippen LogP contribution < -0.4 is 0 Å². The molecule has 0 bridgehead atoms. The number of aliphatic hydroxyl groups excluding tert-OH is 1. The second kappa shape index (κ2) is 3.64. The van der Waals surface area contributed by atoms with Gasteiger partial charge in [-0.3, -0.25) is 0 Å². The molecule has 0 spiro atoms. The number of aliphatic hydroxyl groups is 1. The lowest BCUT2D eigenvalue weighted by molar-refractivity contribution is 0.247. The molecule has 0 aromatic heterocycles. The molecule has 2 aliphatic rings. The zero-order valence-corrected chi connectivity index (χ0v) is 8.97. The molecule has 15 heavy (non-hydrogen) atoms. The molecule has 0 heterocycles. The largest absolute Gasteiger partial charge is 0.396 e. The zero-order valence-electron chi connectivity index (χ0n) is 8.97. The fourth-order valence-electron chi connectivity index (χ4n) is 3.47. The summed E-state index contributed by atoms with van der Waals surface area (Å²) in [5, 5.41) is 9.09. The maximum absolute atomic E-state index is 9.09. The van der Waals surface area contributed by atoms with Crippen LogP contribution in [0.4, 0.5) is 0 Å². The average Bonchev–Trinajstić information content (AvgIpc) is 2.75. The summed E-state index contributed by atoms with van der Waals surface area (Å²) in [7, 11) is 0. The molecule has 0 saturated heterocycles. The number of benzene rings is 1. The van der Waals surface area contributed by atoms with Crippen LogP contribution in [0, 0.1) is 23.7 Å². The van der Waals surface area contributed by atoms with Gasteiger partial charge in [0.2, 0.25) is 0 Å². The number of hydrogen-bond acceptors (Lipinski definition) is 1. The molecule has 0 amide bonds. The molecule has 1 aromatic rings. The van der Waals surface area contributed by atoms with Crippen molar-refractivity contribution in [2.75, 3.05) is 6.61 Å². The Bertz CT molecular complexity index is 320. The molecule has 1 heteroatoms. The summed E-state index contributed by atoms with van der Waals surface area (Å²) >= 11 is 0. The summed E-state index contributed by atoms with van der Waals surface area (Å²) < 4.78 is 0. The Morgan fingerprint density at radius 3 is 2.33 bits per heavy atom. The lowest BCUT2D eigenvalue weighted by Crippen LogP contribution is -2.06. The van der Waals surface area contributed by atoms with E-state index < -0.39 is 0 Å². The minimum atomic E-state index is 0.424. The predicted octanol–water partition coefficient (Wildman–Crippen LogP) is 2.49. The van der Waals surface area contributed by atoms with Gasteiger partial charge in [0.15, 0.2) is 0 Å². The molecule has 0 radical (unpaired) electrons. The van der Waals surface area contributed by atoms with Crippen LogP contribution in [0.2, 0.25) is 0 Å². The molecule has 2 aliphatic carbocycles. The molecule has 2 saturated carbocycles. The minimum absolute atomic E-state index is 0.424. The number of hydrogen-bond donors (Lipinski definition) is 1. The third-order valence-corrected chi connectivity index (χ3v) is 4.30. The molecule has 2 atom stereocenters. The monoisotopic (exact) mass is 202 g/mol. The number of rotatable bonds is 3. The fraction of sp³-hybridized carbons (Fsp3) is 0.571. The first-order valence-corrected chi connectivity index (χ1v) is 6.03. The average molecular weight is 202 g/mol. The maximum Gasteiger partial charge on any atom is 0.0464 e. The van der Waals surface area contributed by atoms with Crippen molar-refractivity contribution >= 4 is 0 Å². The molecule has 2 fully saturated rings. The van der Waals surface area contributed by atoms with Crippen molar-refractivity contribution in [1.82, 2.24) is 0 Å². The molecular formula is C14H18O. The van der Waals surface area contributed by atoms with E-state index in [2.05, 4.69) is 30.3 Å². The van der Waals surface area contributed by atoms with Gasteiger partial charge in [0.25, 0.3) is 0 Å². The van der Waals surface area contributed by atoms with E-state index in [-0.39, 0.29) is 0 Å². The van der Waals surface area contributed by atoms with Crippen molar-refractivity contribution in [2.24, 2.45) is 23.7 Å². The Kier molecular flexibility index (Phi) is 2.28. The van der Waals surface area contributed by atoms with Crippen LogP contribution in [0.15, 0.2) is 30.3 Å². The van der Waals surface area contributed by atoms with Gasteiger partial charge in [-0.2, -0.15) is 0 Å². The van der Waals surface area contributed by atoms with Gasteiger partial charge < -0.3 is 5.11 Å². The highest BCUT2D eigenvalue weighted by Crippen LogP contribution is 2.59. The number of fused-ring (bicyclic) bond motifs is 1. The second-order valence-corrected chi connectivity index (χ2v) is 5.20. The normalized spacial score (nSPS) is 37.7. The summed E-state index contributed by atoms with van der Waals surface area (Å²) in [6, 6.07) is 10.8. The Morgan fingerprint density at radius 2 is 1.73 bits per heavy atom. The highest BCUT2D eigenvalue weighted by molar-refractivity contribution is 5.16. The first kappa shape index (κ1) is 9.41. The van der Waals surface area contributed by atoms with Crippen molar-refractivity contribution in [3.05, 3.63) is 35.9 Å². The van der Waals surface area contributed by atoms with E-state index in [4.69, 9.17) is 5.11 Å². The van der Waals surface area contributed by atoms with E-state index in [9.17, 15) is 0 Å². The van der Waals surface area contributed by atoms with Gasteiger partial charge in [0.1, 0.15) is 0 Å². The molecule has 80 valence electrons. The van der Waals surface area contributed by atoms with Crippen LogP contribution >= 0.6 is 0 Å². The predicted molar refractivity (Wildman–Crippen MR) is 60.4 cm³/mol. The maximum atomic E-state index is 9.09. The van der Waals surface area contributed by atoms with Gasteiger partial charge in [-0.05, 0) is 48.5 Å². The van der Waals surface area contributed by atoms with Gasteiger partial charge in [0, 0.05) is 6.61 Å². The van der Waals surface area contributed by atoms with Crippen molar-refractivity contribution < 1.29 is 5.11 Å². The highest BCUT2D eigenvalue weighted by atomic mass is 16.3. The summed E-state index contributed by atoms with van der Waals surface area (Å²) in [6.45, 7) is 0.424. The van der Waals surface area contributed by atoms with Gasteiger partial charge in [-0.25, -0.2) is 0 Å². The third-order valence-electron chi connectivity index (χ3n) is 4.30. The molecule has 2 unspecified atom stereocenters. The third kappa shape index (κ3) is 1.69.